The van der Waals surface area contributed by atoms with E-state index in [1.54, 1.807) is 52.5 Å². The number of aromatic nitrogens is 2. The Kier molecular flexibility index (Phi) is 7.56. The van der Waals surface area contributed by atoms with Gasteiger partial charge in [-0.3, -0.25) is 3.96 Å². The van der Waals surface area contributed by atoms with Gasteiger partial charge in [-0.05, 0) is 41.9 Å². The number of hydrogen-bond acceptors (Lipinski definition) is 5. The van der Waals surface area contributed by atoms with Crippen molar-refractivity contribution in [2.75, 3.05) is 0 Å². The minimum atomic E-state index is -3.57. The van der Waals surface area contributed by atoms with Gasteiger partial charge in [-0.2, -0.15) is 4.98 Å². The first kappa shape index (κ1) is 23.5. The summed E-state index contributed by atoms with van der Waals surface area (Å²) in [5, 5.41) is 0.898. The zero-order valence-electron chi connectivity index (χ0n) is 15.9. The zero-order valence-corrected chi connectivity index (χ0v) is 19.8. The highest BCUT2D eigenvalue weighted by Gasteiger charge is 2.19. The molecule has 0 saturated carbocycles. The summed E-state index contributed by atoms with van der Waals surface area (Å²) < 4.78 is 27.5. The van der Waals surface area contributed by atoms with Crippen LogP contribution in [0.5, 0.6) is 0 Å². The molecule has 5 nitrogen and oxygen atoms in total. The van der Waals surface area contributed by atoms with Crippen LogP contribution in [0.1, 0.15) is 0 Å². The summed E-state index contributed by atoms with van der Waals surface area (Å²) in [5.41, 5.74) is 1.30. The van der Waals surface area contributed by atoms with Crippen LogP contribution in [0.15, 0.2) is 88.8 Å². The molecule has 160 valence electrons. The fraction of sp³-hybridized carbons (Fsp3) is 0.0476. The summed E-state index contributed by atoms with van der Waals surface area (Å²) in [7, 11) is -3.57. The summed E-state index contributed by atoms with van der Waals surface area (Å²) in [6.45, 7) is 0. The lowest BCUT2D eigenvalue weighted by Gasteiger charge is -2.07. The van der Waals surface area contributed by atoms with Crippen molar-refractivity contribution in [3.63, 3.8) is 0 Å². The monoisotopic (exact) mass is 511 g/mol. The largest absolute Gasteiger partial charge is 0.262 e. The molecule has 0 fully saturated rings. The number of halogens is 3. The fourth-order valence-corrected chi connectivity index (χ4v) is 5.70. The Morgan fingerprint density at radius 2 is 1.58 bits per heavy atom. The fourth-order valence-electron chi connectivity index (χ4n) is 2.77. The summed E-state index contributed by atoms with van der Waals surface area (Å²) in [6.07, 6.45) is 0. The van der Waals surface area contributed by atoms with Crippen molar-refractivity contribution in [2.45, 2.75) is 10.8 Å². The van der Waals surface area contributed by atoms with Gasteiger partial charge >= 0.3 is 0 Å². The predicted molar refractivity (Wildman–Crippen MR) is 128 cm³/mol. The van der Waals surface area contributed by atoms with E-state index in [0.717, 1.165) is 17.1 Å². The van der Waals surface area contributed by atoms with Gasteiger partial charge in [0.1, 0.15) is 5.88 Å². The van der Waals surface area contributed by atoms with Gasteiger partial charge in [-0.25, -0.2) is 13.4 Å². The van der Waals surface area contributed by atoms with Crippen LogP contribution in [0.2, 0.25) is 10.0 Å². The topological polar surface area (TPSA) is 64.3 Å². The van der Waals surface area contributed by atoms with Gasteiger partial charge in [-0.15, -0.1) is 12.4 Å². The summed E-state index contributed by atoms with van der Waals surface area (Å²) in [5.74, 6) is 0.270. The van der Waals surface area contributed by atoms with E-state index in [4.69, 9.17) is 23.2 Å². The molecular formula is C21H16Cl3N3O2S2. The van der Waals surface area contributed by atoms with Crippen molar-refractivity contribution in [3.8, 4) is 11.4 Å². The van der Waals surface area contributed by atoms with Crippen LogP contribution in [0.4, 0.5) is 5.69 Å². The van der Waals surface area contributed by atoms with E-state index in [2.05, 4.69) is 9.98 Å². The zero-order chi connectivity index (χ0) is 21.1. The lowest BCUT2D eigenvalue weighted by molar-refractivity contribution is 0.587. The Morgan fingerprint density at radius 1 is 0.935 bits per heavy atom. The molecular weight excluding hydrogens is 497 g/mol. The Balaban J connectivity index is 0.00000272. The molecule has 0 aliphatic heterocycles. The molecule has 0 radical (unpaired) electrons. The lowest BCUT2D eigenvalue weighted by Crippen LogP contribution is -2.10. The van der Waals surface area contributed by atoms with Gasteiger partial charge < -0.3 is 0 Å². The van der Waals surface area contributed by atoms with Crippen molar-refractivity contribution < 1.29 is 8.42 Å². The quantitative estimate of drug-likeness (QED) is 0.329. The molecule has 1 heterocycles. The van der Waals surface area contributed by atoms with Crippen LogP contribution in [0.25, 0.3) is 11.4 Å². The third-order valence-electron chi connectivity index (χ3n) is 4.18. The lowest BCUT2D eigenvalue weighted by atomic mass is 10.2. The molecule has 31 heavy (non-hydrogen) atoms. The van der Waals surface area contributed by atoms with Crippen molar-refractivity contribution in [3.05, 3.63) is 93.7 Å². The van der Waals surface area contributed by atoms with Crippen molar-refractivity contribution >= 4 is 62.7 Å². The first-order valence-electron chi connectivity index (χ1n) is 8.83. The third-order valence-corrected chi connectivity index (χ3v) is 7.34. The average molecular weight is 513 g/mol. The highest BCUT2D eigenvalue weighted by Crippen LogP contribution is 2.28. The second-order valence-electron chi connectivity index (χ2n) is 6.32. The second kappa shape index (κ2) is 9.97. The van der Waals surface area contributed by atoms with E-state index in [0.29, 0.717) is 26.4 Å². The van der Waals surface area contributed by atoms with Gasteiger partial charge in [0.25, 0.3) is 0 Å². The SMILES string of the molecule is Cl.O=S(=O)(Cn1sc(=Nc2ccc(Cl)cc2Cl)nc1-c1ccccc1)c1ccccc1. The summed E-state index contributed by atoms with van der Waals surface area (Å²) in [6, 6.07) is 22.7. The van der Waals surface area contributed by atoms with E-state index < -0.39 is 9.84 Å². The van der Waals surface area contributed by atoms with Crippen molar-refractivity contribution in [1.29, 1.82) is 0 Å². The molecule has 4 aromatic rings. The Morgan fingerprint density at radius 3 is 2.23 bits per heavy atom. The standard InChI is InChI=1S/C21H15Cl2N3O2S2.ClH/c22-16-11-12-19(18(23)13-16)24-21-25-20(15-7-3-1-4-8-15)26(29-21)14-30(27,28)17-9-5-2-6-10-17;/h1-13H,14H2;1H. The van der Waals surface area contributed by atoms with E-state index in [1.807, 2.05) is 30.3 Å². The van der Waals surface area contributed by atoms with Gasteiger partial charge in [0.2, 0.25) is 4.80 Å². The maximum absolute atomic E-state index is 12.9. The third kappa shape index (κ3) is 5.56. The van der Waals surface area contributed by atoms with Crippen LogP contribution in [-0.4, -0.2) is 17.4 Å². The van der Waals surface area contributed by atoms with Crippen molar-refractivity contribution in [1.82, 2.24) is 8.94 Å². The summed E-state index contributed by atoms with van der Waals surface area (Å²) >= 11 is 13.3. The minimum absolute atomic E-state index is 0. The molecule has 10 heteroatoms. The van der Waals surface area contributed by atoms with E-state index in [-0.39, 0.29) is 23.2 Å². The molecule has 4 rings (SSSR count). The smallest absolute Gasteiger partial charge is 0.228 e. The number of hydrogen-bond donors (Lipinski definition) is 0. The maximum atomic E-state index is 12.9. The predicted octanol–water partition coefficient (Wildman–Crippen LogP) is 6.00. The molecule has 0 spiro atoms. The molecule has 3 aromatic carbocycles. The van der Waals surface area contributed by atoms with Crippen LogP contribution in [0, 0.1) is 0 Å². The highest BCUT2D eigenvalue weighted by molar-refractivity contribution is 7.90. The molecule has 0 bridgehead atoms. The van der Waals surface area contributed by atoms with Crippen LogP contribution < -0.4 is 4.80 Å². The Labute approximate surface area is 200 Å². The molecule has 0 aliphatic rings. The van der Waals surface area contributed by atoms with Crippen LogP contribution in [0.3, 0.4) is 0 Å². The molecule has 0 atom stereocenters. The average Bonchev–Trinajstić information content (AvgIpc) is 3.13. The van der Waals surface area contributed by atoms with Crippen LogP contribution >= 0.6 is 47.1 Å². The van der Waals surface area contributed by atoms with Crippen LogP contribution in [-0.2, 0) is 15.7 Å². The molecule has 0 saturated heterocycles. The number of benzene rings is 3. The molecule has 1 aromatic heterocycles. The van der Waals surface area contributed by atoms with E-state index >= 15 is 0 Å². The van der Waals surface area contributed by atoms with E-state index in [1.165, 1.54) is 0 Å². The van der Waals surface area contributed by atoms with Gasteiger partial charge in [0, 0.05) is 10.6 Å². The molecule has 0 unspecified atom stereocenters. The van der Waals surface area contributed by atoms with Gasteiger partial charge in [-0.1, -0.05) is 71.7 Å². The summed E-state index contributed by atoms with van der Waals surface area (Å²) in [4.78, 5) is 9.71. The molecule has 0 N–H and O–H groups in total. The molecule has 0 aliphatic carbocycles. The molecule has 0 amide bonds. The second-order valence-corrected chi connectivity index (χ2v) is 10.1. The first-order valence-corrected chi connectivity index (χ1v) is 12.0. The highest BCUT2D eigenvalue weighted by atomic mass is 35.5. The Bertz CT molecular complexity index is 1350. The van der Waals surface area contributed by atoms with Crippen molar-refractivity contribution in [2.24, 2.45) is 4.99 Å². The minimum Gasteiger partial charge on any atom is -0.262 e. The van der Waals surface area contributed by atoms with Gasteiger partial charge in [0.05, 0.1) is 15.6 Å². The number of sulfone groups is 1. The maximum Gasteiger partial charge on any atom is 0.228 e. The van der Waals surface area contributed by atoms with Gasteiger partial charge in [0.15, 0.2) is 15.7 Å². The normalized spacial score (nSPS) is 11.9. The Hall–Kier alpha value is -2.16. The number of nitrogens with zero attached hydrogens (tertiary/aromatic N) is 3. The first-order chi connectivity index (χ1) is 14.4. The number of rotatable bonds is 5. The van der Waals surface area contributed by atoms with E-state index in [9.17, 15) is 8.42 Å².